The lowest BCUT2D eigenvalue weighted by Gasteiger charge is -2.14. The molecule has 0 unspecified atom stereocenters. The Bertz CT molecular complexity index is 400. The number of nitrogens with one attached hydrogen (secondary N) is 1. The van der Waals surface area contributed by atoms with Gasteiger partial charge in [0.05, 0.1) is 6.04 Å². The predicted octanol–water partition coefficient (Wildman–Crippen LogP) is 1.48. The van der Waals surface area contributed by atoms with Crippen LogP contribution in [-0.2, 0) is 4.79 Å². The Morgan fingerprint density at radius 3 is 2.56 bits per heavy atom. The number of amides is 1. The van der Waals surface area contributed by atoms with E-state index in [-0.39, 0.29) is 18.1 Å². The van der Waals surface area contributed by atoms with Crippen LogP contribution in [0.2, 0.25) is 0 Å². The van der Waals surface area contributed by atoms with Gasteiger partial charge in [-0.2, -0.15) is 0 Å². The molecule has 0 saturated carbocycles. The van der Waals surface area contributed by atoms with Gasteiger partial charge in [0, 0.05) is 7.05 Å². The molecular weight excluding hydrogens is 200 g/mol. The van der Waals surface area contributed by atoms with Crippen molar-refractivity contribution in [3.8, 4) is 0 Å². The molecular formula is C13H16N2O. The summed E-state index contributed by atoms with van der Waals surface area (Å²) >= 11 is 0. The second-order valence-electron chi connectivity index (χ2n) is 4.05. The molecule has 2 rings (SSSR count). The topological polar surface area (TPSA) is 32.3 Å². The average Bonchev–Trinajstić information content (AvgIpc) is 2.56. The molecule has 3 heteroatoms. The summed E-state index contributed by atoms with van der Waals surface area (Å²) in [7, 11) is 1.82. The van der Waals surface area contributed by atoms with E-state index in [0.717, 1.165) is 5.56 Å². The van der Waals surface area contributed by atoms with E-state index >= 15 is 0 Å². The molecule has 3 nitrogen and oxygen atoms in total. The van der Waals surface area contributed by atoms with Gasteiger partial charge in [0.25, 0.3) is 0 Å². The molecule has 1 N–H and O–H groups in total. The van der Waals surface area contributed by atoms with Crippen molar-refractivity contribution in [1.29, 1.82) is 0 Å². The van der Waals surface area contributed by atoms with E-state index in [1.807, 2.05) is 56.5 Å². The summed E-state index contributed by atoms with van der Waals surface area (Å²) in [5.41, 5.74) is 1.14. The Hall–Kier alpha value is -1.61. The zero-order valence-electron chi connectivity index (χ0n) is 9.55. The summed E-state index contributed by atoms with van der Waals surface area (Å²) in [6, 6.07) is 9.98. The number of benzene rings is 1. The Balaban J connectivity index is 2.06. The molecule has 0 radical (unpaired) electrons. The number of nitrogens with zero attached hydrogens (tertiary/aromatic N) is 1. The van der Waals surface area contributed by atoms with Gasteiger partial charge in [-0.1, -0.05) is 36.4 Å². The van der Waals surface area contributed by atoms with Gasteiger partial charge in [-0.15, -0.1) is 0 Å². The number of rotatable bonds is 2. The number of hydrogen-bond acceptors (Lipinski definition) is 2. The number of carbonyl (C=O) groups excluding carboxylic acids is 1. The molecule has 2 atom stereocenters. The van der Waals surface area contributed by atoms with Crippen LogP contribution in [0.15, 0.2) is 36.4 Å². The third kappa shape index (κ3) is 2.14. The van der Waals surface area contributed by atoms with Crippen LogP contribution in [0.1, 0.15) is 12.5 Å². The second-order valence-corrected chi connectivity index (χ2v) is 4.05. The van der Waals surface area contributed by atoms with Crippen molar-refractivity contribution in [3.63, 3.8) is 0 Å². The molecule has 0 aromatic heterocycles. The molecule has 84 valence electrons. The fraction of sp³-hybridized carbons (Fsp3) is 0.308. The second kappa shape index (κ2) is 4.49. The SMILES string of the molecule is C[C@@H]1N[C@H](/C=C/c2ccccc2)N(C)C1=O. The third-order valence-corrected chi connectivity index (χ3v) is 2.83. The summed E-state index contributed by atoms with van der Waals surface area (Å²) in [5.74, 6) is 0.141. The highest BCUT2D eigenvalue weighted by atomic mass is 16.2. The minimum atomic E-state index is -0.0876. The molecule has 0 bridgehead atoms. The molecule has 1 aliphatic heterocycles. The monoisotopic (exact) mass is 216 g/mol. The highest BCUT2D eigenvalue weighted by molar-refractivity contribution is 5.84. The maximum atomic E-state index is 11.6. The Labute approximate surface area is 95.8 Å². The highest BCUT2D eigenvalue weighted by Crippen LogP contribution is 2.10. The minimum absolute atomic E-state index is 0.00251. The minimum Gasteiger partial charge on any atom is -0.325 e. The molecule has 1 fully saturated rings. The fourth-order valence-corrected chi connectivity index (χ4v) is 1.83. The van der Waals surface area contributed by atoms with Crippen LogP contribution in [0, 0.1) is 0 Å². The summed E-state index contributed by atoms with van der Waals surface area (Å²) < 4.78 is 0. The van der Waals surface area contributed by atoms with Crippen molar-refractivity contribution in [2.45, 2.75) is 19.1 Å². The number of hydrogen-bond donors (Lipinski definition) is 1. The van der Waals surface area contributed by atoms with Gasteiger partial charge in [0.15, 0.2) is 0 Å². The van der Waals surface area contributed by atoms with Crippen molar-refractivity contribution < 1.29 is 4.79 Å². The van der Waals surface area contributed by atoms with Crippen LogP contribution < -0.4 is 5.32 Å². The summed E-state index contributed by atoms with van der Waals surface area (Å²) in [6.07, 6.45) is 4.04. The third-order valence-electron chi connectivity index (χ3n) is 2.83. The van der Waals surface area contributed by atoms with Crippen LogP contribution in [0.3, 0.4) is 0 Å². The smallest absolute Gasteiger partial charge is 0.240 e. The van der Waals surface area contributed by atoms with E-state index in [2.05, 4.69) is 5.32 Å². The summed E-state index contributed by atoms with van der Waals surface area (Å²) in [4.78, 5) is 13.3. The summed E-state index contributed by atoms with van der Waals surface area (Å²) in [5, 5.41) is 3.21. The first-order valence-corrected chi connectivity index (χ1v) is 5.44. The van der Waals surface area contributed by atoms with Crippen LogP contribution >= 0.6 is 0 Å². The van der Waals surface area contributed by atoms with Gasteiger partial charge in [-0.25, -0.2) is 0 Å². The number of likely N-dealkylation sites (N-methyl/N-ethyl adjacent to an activating group) is 1. The Morgan fingerprint density at radius 2 is 2.00 bits per heavy atom. The fourth-order valence-electron chi connectivity index (χ4n) is 1.83. The molecule has 0 spiro atoms. The molecule has 1 aromatic rings. The van der Waals surface area contributed by atoms with E-state index in [0.29, 0.717) is 0 Å². The molecule has 1 aromatic carbocycles. The van der Waals surface area contributed by atoms with E-state index < -0.39 is 0 Å². The van der Waals surface area contributed by atoms with Gasteiger partial charge >= 0.3 is 0 Å². The lowest BCUT2D eigenvalue weighted by atomic mass is 10.2. The van der Waals surface area contributed by atoms with Crippen molar-refractivity contribution in [2.24, 2.45) is 0 Å². The molecule has 0 aliphatic carbocycles. The lowest BCUT2D eigenvalue weighted by molar-refractivity contribution is -0.128. The molecule has 1 heterocycles. The van der Waals surface area contributed by atoms with Crippen LogP contribution in [0.4, 0.5) is 0 Å². The maximum absolute atomic E-state index is 11.6. The summed E-state index contributed by atoms with van der Waals surface area (Å²) in [6.45, 7) is 1.88. The maximum Gasteiger partial charge on any atom is 0.240 e. The van der Waals surface area contributed by atoms with Crippen molar-refractivity contribution in [2.75, 3.05) is 7.05 Å². The predicted molar refractivity (Wildman–Crippen MR) is 64.6 cm³/mol. The molecule has 1 saturated heterocycles. The standard InChI is InChI=1S/C13H16N2O/c1-10-13(16)15(2)12(14-10)9-8-11-6-4-3-5-7-11/h3-10,12,14H,1-2H3/b9-8+/t10-,12-/m0/s1. The van der Waals surface area contributed by atoms with E-state index in [9.17, 15) is 4.79 Å². The first-order chi connectivity index (χ1) is 7.68. The molecule has 1 amide bonds. The van der Waals surface area contributed by atoms with Gasteiger partial charge < -0.3 is 4.90 Å². The Morgan fingerprint density at radius 1 is 1.31 bits per heavy atom. The van der Waals surface area contributed by atoms with Gasteiger partial charge in [0.2, 0.25) is 5.91 Å². The first kappa shape index (κ1) is 10.9. The Kier molecular flexibility index (Phi) is 3.06. The van der Waals surface area contributed by atoms with Crippen LogP contribution in [0.25, 0.3) is 6.08 Å². The van der Waals surface area contributed by atoms with Crippen LogP contribution in [0.5, 0.6) is 0 Å². The van der Waals surface area contributed by atoms with Gasteiger partial charge in [0.1, 0.15) is 6.17 Å². The lowest BCUT2D eigenvalue weighted by Crippen LogP contribution is -2.32. The molecule has 16 heavy (non-hydrogen) atoms. The van der Waals surface area contributed by atoms with E-state index in [1.54, 1.807) is 4.90 Å². The zero-order chi connectivity index (χ0) is 11.5. The highest BCUT2D eigenvalue weighted by Gasteiger charge is 2.31. The van der Waals surface area contributed by atoms with Gasteiger partial charge in [-0.05, 0) is 18.6 Å². The van der Waals surface area contributed by atoms with Gasteiger partial charge in [-0.3, -0.25) is 10.1 Å². The van der Waals surface area contributed by atoms with Crippen molar-refractivity contribution >= 4 is 12.0 Å². The van der Waals surface area contributed by atoms with Crippen molar-refractivity contribution in [3.05, 3.63) is 42.0 Å². The largest absolute Gasteiger partial charge is 0.325 e. The van der Waals surface area contributed by atoms with Crippen LogP contribution in [-0.4, -0.2) is 30.1 Å². The van der Waals surface area contributed by atoms with Crippen molar-refractivity contribution in [1.82, 2.24) is 10.2 Å². The normalized spacial score (nSPS) is 25.6. The number of carbonyl (C=O) groups is 1. The molecule has 1 aliphatic rings. The zero-order valence-corrected chi connectivity index (χ0v) is 9.55. The van der Waals surface area contributed by atoms with E-state index in [1.165, 1.54) is 0 Å². The first-order valence-electron chi connectivity index (χ1n) is 5.44. The van der Waals surface area contributed by atoms with E-state index in [4.69, 9.17) is 0 Å². The average molecular weight is 216 g/mol. The quantitative estimate of drug-likeness (QED) is 0.812.